The summed E-state index contributed by atoms with van der Waals surface area (Å²) in [6, 6.07) is 50.3. The summed E-state index contributed by atoms with van der Waals surface area (Å²) < 4.78 is 6.75. The predicted octanol–water partition coefficient (Wildman–Crippen LogP) is 11.9. The standard InChI is InChI=1S/C43H31NO/c1-2-37-36-26-35-38(44-37)22-12-23-39(35)45-40-24-11-21-34(43(36)40)42-32-19-8-6-17-30(32)41(31-18-7-9-20-33(31)42)29-16-10-15-28(25-29)27-13-4-3-5-14-27/h3-25,36H,2,26H2,1H3. The van der Waals surface area contributed by atoms with Crippen LogP contribution in [0.5, 0.6) is 11.5 Å². The molecule has 0 aromatic heterocycles. The Bertz CT molecular complexity index is 2260. The summed E-state index contributed by atoms with van der Waals surface area (Å²) in [5.74, 6) is 2.03. The second kappa shape index (κ2) is 10.3. The van der Waals surface area contributed by atoms with E-state index in [1.165, 1.54) is 71.8 Å². The van der Waals surface area contributed by atoms with E-state index in [0.29, 0.717) is 0 Å². The second-order valence-electron chi connectivity index (χ2n) is 12.1. The maximum atomic E-state index is 6.75. The molecular weight excluding hydrogens is 546 g/mol. The molecule has 214 valence electrons. The molecule has 2 bridgehead atoms. The van der Waals surface area contributed by atoms with E-state index in [2.05, 4.69) is 146 Å². The van der Waals surface area contributed by atoms with Crippen LogP contribution in [0, 0.1) is 0 Å². The molecule has 7 aromatic carbocycles. The van der Waals surface area contributed by atoms with E-state index in [4.69, 9.17) is 9.73 Å². The monoisotopic (exact) mass is 577 g/mol. The molecule has 9 rings (SSSR count). The van der Waals surface area contributed by atoms with Gasteiger partial charge in [-0.1, -0.05) is 122 Å². The Labute approximate surface area is 263 Å². The largest absolute Gasteiger partial charge is 0.457 e. The number of benzene rings is 7. The van der Waals surface area contributed by atoms with Crippen LogP contribution in [0.25, 0.3) is 54.9 Å². The first-order chi connectivity index (χ1) is 22.3. The summed E-state index contributed by atoms with van der Waals surface area (Å²) in [7, 11) is 0. The number of ether oxygens (including phenoxy) is 1. The first-order valence-electron chi connectivity index (χ1n) is 15.9. The number of fused-ring (bicyclic) bond motifs is 5. The summed E-state index contributed by atoms with van der Waals surface area (Å²) in [5, 5.41) is 5.00. The van der Waals surface area contributed by atoms with Crippen LogP contribution in [0.4, 0.5) is 5.69 Å². The van der Waals surface area contributed by atoms with Gasteiger partial charge in [0.1, 0.15) is 11.5 Å². The molecule has 2 aliphatic rings. The second-order valence-corrected chi connectivity index (χ2v) is 12.1. The van der Waals surface area contributed by atoms with Crippen molar-refractivity contribution in [3.63, 3.8) is 0 Å². The van der Waals surface area contributed by atoms with Crippen molar-refractivity contribution in [3.05, 3.63) is 151 Å². The Hall–Kier alpha value is -5.47. The fourth-order valence-corrected chi connectivity index (χ4v) is 7.65. The fraction of sp³-hybridized carbons (Fsp3) is 0.0930. The highest BCUT2D eigenvalue weighted by Gasteiger charge is 2.34. The van der Waals surface area contributed by atoms with Gasteiger partial charge in [-0.25, -0.2) is 0 Å². The van der Waals surface area contributed by atoms with Crippen LogP contribution in [0.15, 0.2) is 145 Å². The smallest absolute Gasteiger partial charge is 0.132 e. The Morgan fingerprint density at radius 3 is 1.91 bits per heavy atom. The van der Waals surface area contributed by atoms with Gasteiger partial charge < -0.3 is 4.74 Å². The van der Waals surface area contributed by atoms with Gasteiger partial charge in [0.05, 0.1) is 5.69 Å². The van der Waals surface area contributed by atoms with Gasteiger partial charge in [-0.05, 0) is 92.0 Å². The van der Waals surface area contributed by atoms with Crippen molar-refractivity contribution in [3.8, 4) is 44.9 Å². The summed E-state index contributed by atoms with van der Waals surface area (Å²) in [6.07, 6.45) is 1.81. The zero-order chi connectivity index (χ0) is 29.9. The lowest BCUT2D eigenvalue weighted by atomic mass is 9.78. The minimum absolute atomic E-state index is 0.164. The van der Waals surface area contributed by atoms with Crippen molar-refractivity contribution in [2.45, 2.75) is 25.7 Å². The van der Waals surface area contributed by atoms with Crippen molar-refractivity contribution in [1.82, 2.24) is 0 Å². The number of aliphatic imine (C=N–C) groups is 1. The molecule has 1 unspecified atom stereocenters. The van der Waals surface area contributed by atoms with Gasteiger partial charge >= 0.3 is 0 Å². The maximum absolute atomic E-state index is 6.75. The minimum Gasteiger partial charge on any atom is -0.457 e. The zero-order valence-corrected chi connectivity index (χ0v) is 25.1. The molecule has 0 aliphatic carbocycles. The molecule has 7 aromatic rings. The highest BCUT2D eigenvalue weighted by Crippen LogP contribution is 2.52. The fourth-order valence-electron chi connectivity index (χ4n) is 7.65. The van der Waals surface area contributed by atoms with E-state index < -0.39 is 0 Å². The molecule has 0 N–H and O–H groups in total. The topological polar surface area (TPSA) is 21.6 Å². The molecule has 2 nitrogen and oxygen atoms in total. The Balaban J connectivity index is 1.34. The number of hydrogen-bond donors (Lipinski definition) is 0. The molecular formula is C43H31NO. The third-order valence-corrected chi connectivity index (χ3v) is 9.64. The molecule has 2 aliphatic heterocycles. The number of hydrogen-bond acceptors (Lipinski definition) is 2. The van der Waals surface area contributed by atoms with E-state index in [-0.39, 0.29) is 5.92 Å². The third-order valence-electron chi connectivity index (χ3n) is 9.64. The third kappa shape index (κ3) is 4.06. The quantitative estimate of drug-likeness (QED) is 0.191. The van der Waals surface area contributed by atoms with E-state index in [9.17, 15) is 0 Å². The van der Waals surface area contributed by atoms with E-state index in [0.717, 1.165) is 30.0 Å². The first-order valence-corrected chi connectivity index (χ1v) is 15.9. The van der Waals surface area contributed by atoms with Crippen molar-refractivity contribution in [2.75, 3.05) is 0 Å². The molecule has 45 heavy (non-hydrogen) atoms. The molecule has 2 heterocycles. The van der Waals surface area contributed by atoms with Crippen LogP contribution in [0.1, 0.15) is 30.4 Å². The van der Waals surface area contributed by atoms with Gasteiger partial charge in [0.15, 0.2) is 0 Å². The van der Waals surface area contributed by atoms with Crippen LogP contribution in [0.2, 0.25) is 0 Å². The Morgan fingerprint density at radius 2 is 1.18 bits per heavy atom. The van der Waals surface area contributed by atoms with Crippen molar-refractivity contribution < 1.29 is 4.74 Å². The summed E-state index contributed by atoms with van der Waals surface area (Å²) in [6.45, 7) is 2.23. The highest BCUT2D eigenvalue weighted by molar-refractivity contribution is 6.22. The minimum atomic E-state index is 0.164. The predicted molar refractivity (Wildman–Crippen MR) is 188 cm³/mol. The Kier molecular flexibility index (Phi) is 5.96. The van der Waals surface area contributed by atoms with Crippen LogP contribution in [0.3, 0.4) is 0 Å². The average molecular weight is 578 g/mol. The lowest BCUT2D eigenvalue weighted by molar-refractivity contribution is 0.479. The lowest BCUT2D eigenvalue weighted by Crippen LogP contribution is -2.18. The van der Waals surface area contributed by atoms with Crippen LogP contribution >= 0.6 is 0 Å². The van der Waals surface area contributed by atoms with Crippen LogP contribution in [-0.4, -0.2) is 5.71 Å². The van der Waals surface area contributed by atoms with Gasteiger partial charge in [-0.3, -0.25) is 4.99 Å². The summed E-state index contributed by atoms with van der Waals surface area (Å²) >= 11 is 0. The van der Waals surface area contributed by atoms with E-state index >= 15 is 0 Å². The van der Waals surface area contributed by atoms with Crippen LogP contribution in [-0.2, 0) is 6.42 Å². The van der Waals surface area contributed by atoms with Gasteiger partial charge in [-0.2, -0.15) is 0 Å². The number of nitrogens with zero attached hydrogens (tertiary/aromatic N) is 1. The maximum Gasteiger partial charge on any atom is 0.132 e. The molecule has 1 atom stereocenters. The van der Waals surface area contributed by atoms with Gasteiger partial charge in [-0.15, -0.1) is 0 Å². The molecule has 0 saturated heterocycles. The zero-order valence-electron chi connectivity index (χ0n) is 25.1. The molecule has 0 saturated carbocycles. The normalized spacial score (nSPS) is 14.9. The van der Waals surface area contributed by atoms with Gasteiger partial charge in [0.25, 0.3) is 0 Å². The van der Waals surface area contributed by atoms with Gasteiger partial charge in [0, 0.05) is 22.8 Å². The van der Waals surface area contributed by atoms with E-state index in [1.54, 1.807) is 0 Å². The molecule has 0 spiro atoms. The summed E-state index contributed by atoms with van der Waals surface area (Å²) in [4.78, 5) is 5.20. The summed E-state index contributed by atoms with van der Waals surface area (Å²) in [5.41, 5.74) is 12.2. The lowest BCUT2D eigenvalue weighted by Gasteiger charge is -2.26. The molecule has 0 amide bonds. The molecule has 2 heteroatoms. The molecule has 0 radical (unpaired) electrons. The van der Waals surface area contributed by atoms with Crippen molar-refractivity contribution >= 4 is 32.9 Å². The van der Waals surface area contributed by atoms with Gasteiger partial charge in [0.2, 0.25) is 0 Å². The van der Waals surface area contributed by atoms with E-state index in [1.807, 2.05) is 0 Å². The number of rotatable bonds is 4. The average Bonchev–Trinajstić information content (AvgIpc) is 3.26. The highest BCUT2D eigenvalue weighted by atomic mass is 16.5. The molecule has 0 fully saturated rings. The SMILES string of the molecule is CCC1=Nc2cccc3c2CC1c1c(cccc1-c1c2ccccc2c(-c2cccc(-c4ccccc4)c2)c2ccccc12)O3. The van der Waals surface area contributed by atoms with Crippen LogP contribution < -0.4 is 4.74 Å². The Morgan fingerprint density at radius 1 is 0.578 bits per heavy atom. The van der Waals surface area contributed by atoms with Crippen molar-refractivity contribution in [1.29, 1.82) is 0 Å². The van der Waals surface area contributed by atoms with Crippen molar-refractivity contribution in [2.24, 2.45) is 4.99 Å². The first kappa shape index (κ1) is 26.0.